The van der Waals surface area contributed by atoms with Crippen LogP contribution in [0.25, 0.3) is 10.3 Å². The molecule has 186 valence electrons. The molecule has 3 rings (SSSR count). The average molecular weight is 521 g/mol. The number of carbonyl (C=O) groups excluding carboxylic acids is 1. The van der Waals surface area contributed by atoms with Crippen molar-refractivity contribution in [3.8, 4) is 5.88 Å². The number of hydrogen-bond acceptors (Lipinski definition) is 8. The zero-order valence-corrected chi connectivity index (χ0v) is 20.3. The number of anilines is 2. The Bertz CT molecular complexity index is 1160. The van der Waals surface area contributed by atoms with E-state index >= 15 is 0 Å². The summed E-state index contributed by atoms with van der Waals surface area (Å²) in [5.74, 6) is -0.615. The minimum absolute atomic E-state index is 0. The van der Waals surface area contributed by atoms with Gasteiger partial charge in [0.15, 0.2) is 0 Å². The van der Waals surface area contributed by atoms with Crippen molar-refractivity contribution < 1.29 is 27.4 Å². The largest absolute Gasteiger partial charge is 0.476 e. The molecule has 0 spiro atoms. The Balaban J connectivity index is 0.00000408. The van der Waals surface area contributed by atoms with Gasteiger partial charge >= 0.3 is 12.2 Å². The molecule has 0 bridgehead atoms. The van der Waals surface area contributed by atoms with Crippen molar-refractivity contribution >= 4 is 51.5 Å². The maximum atomic E-state index is 13.5. The highest BCUT2D eigenvalue weighted by molar-refractivity contribution is 7.18. The topological polar surface area (TPSA) is 124 Å². The van der Waals surface area contributed by atoms with Crippen molar-refractivity contribution in [2.75, 3.05) is 24.4 Å². The first-order valence-electron chi connectivity index (χ1n) is 9.82. The van der Waals surface area contributed by atoms with Crippen molar-refractivity contribution in [1.82, 2.24) is 15.0 Å². The molecule has 3 aromatic heterocycles. The van der Waals surface area contributed by atoms with Crippen LogP contribution in [0.15, 0.2) is 18.5 Å². The van der Waals surface area contributed by atoms with Gasteiger partial charge in [-0.2, -0.15) is 13.2 Å². The van der Waals surface area contributed by atoms with Crippen LogP contribution < -0.4 is 21.1 Å². The number of rotatable bonds is 7. The standard InChI is InChI=1S/C20H23F3N6O3S.ClH/c1-9(24)8-32-17-13(20(21,22)23)5-12(6-25-17)28-19(30)29-14-7-26-18-16(27-11(3)33-18)15(14)10(2)31-4;/h5-7,9-10H,8,24H2,1-4H3,(H2,28,29,30);1H/t9-,10?;/m0./s1. The van der Waals surface area contributed by atoms with Gasteiger partial charge in [-0.05, 0) is 26.8 Å². The number of nitrogens with two attached hydrogens (primary N) is 1. The third-order valence-corrected chi connectivity index (χ3v) is 5.36. The molecule has 0 aliphatic heterocycles. The van der Waals surface area contributed by atoms with E-state index in [1.807, 2.05) is 6.92 Å². The number of nitrogens with one attached hydrogen (secondary N) is 2. The second kappa shape index (κ2) is 11.1. The van der Waals surface area contributed by atoms with Gasteiger partial charge in [0.05, 0.1) is 34.9 Å². The molecule has 0 aromatic carbocycles. The van der Waals surface area contributed by atoms with Gasteiger partial charge in [-0.15, -0.1) is 12.4 Å². The quantitative estimate of drug-likeness (QED) is 0.404. The van der Waals surface area contributed by atoms with E-state index in [-0.39, 0.29) is 24.7 Å². The average Bonchev–Trinajstić information content (AvgIpc) is 3.11. The summed E-state index contributed by atoms with van der Waals surface area (Å²) in [7, 11) is 1.51. The van der Waals surface area contributed by atoms with Gasteiger partial charge in [-0.1, -0.05) is 11.3 Å². The number of aromatic nitrogens is 3. The van der Waals surface area contributed by atoms with Gasteiger partial charge in [-0.3, -0.25) is 0 Å². The van der Waals surface area contributed by atoms with Crippen LogP contribution in [0.2, 0.25) is 0 Å². The van der Waals surface area contributed by atoms with E-state index in [4.69, 9.17) is 15.2 Å². The van der Waals surface area contributed by atoms with Crippen LogP contribution in [0.1, 0.15) is 36.1 Å². The Labute approximate surface area is 203 Å². The number of halogens is 4. The molecule has 14 heteroatoms. The Hall–Kier alpha value is -2.74. The SMILES string of the molecule is COC(C)c1c(NC(=O)Nc2cnc(OC[C@H](C)N)c(C(F)(F)F)c2)cnc2sc(C)nc12.Cl. The van der Waals surface area contributed by atoms with Gasteiger partial charge in [0.1, 0.15) is 22.5 Å². The molecule has 9 nitrogen and oxygen atoms in total. The number of hydrogen-bond donors (Lipinski definition) is 3. The summed E-state index contributed by atoms with van der Waals surface area (Å²) in [6.07, 6.45) is -2.65. The van der Waals surface area contributed by atoms with Crippen LogP contribution in [-0.4, -0.2) is 40.7 Å². The fourth-order valence-corrected chi connectivity index (χ4v) is 3.74. The predicted octanol–water partition coefficient (Wildman–Crippen LogP) is 4.91. The molecule has 3 heterocycles. The molecule has 0 saturated heterocycles. The number of carbonyl (C=O) groups is 1. The normalized spacial score (nSPS) is 13.2. The van der Waals surface area contributed by atoms with Crippen LogP contribution in [0.3, 0.4) is 0 Å². The number of amides is 2. The van der Waals surface area contributed by atoms with Crippen LogP contribution in [0.5, 0.6) is 5.88 Å². The highest BCUT2D eigenvalue weighted by Crippen LogP contribution is 2.37. The summed E-state index contributed by atoms with van der Waals surface area (Å²) in [4.78, 5) is 25.7. The van der Waals surface area contributed by atoms with E-state index in [0.29, 0.717) is 21.6 Å². The molecular weight excluding hydrogens is 497 g/mol. The van der Waals surface area contributed by atoms with E-state index in [2.05, 4.69) is 25.6 Å². The van der Waals surface area contributed by atoms with Crippen LogP contribution in [-0.2, 0) is 10.9 Å². The molecule has 0 fully saturated rings. The minimum atomic E-state index is -4.74. The summed E-state index contributed by atoms with van der Waals surface area (Å²) in [5, 5.41) is 5.75. The van der Waals surface area contributed by atoms with E-state index in [1.165, 1.54) is 24.6 Å². The molecule has 1 unspecified atom stereocenters. The molecule has 3 aromatic rings. The molecule has 2 atom stereocenters. The number of ether oxygens (including phenoxy) is 2. The van der Waals surface area contributed by atoms with Gasteiger partial charge < -0.3 is 25.8 Å². The van der Waals surface area contributed by atoms with Gasteiger partial charge in [0.2, 0.25) is 5.88 Å². The highest BCUT2D eigenvalue weighted by Gasteiger charge is 2.36. The second-order valence-corrected chi connectivity index (χ2v) is 8.47. The summed E-state index contributed by atoms with van der Waals surface area (Å²) in [5.41, 5.74) is 5.74. The summed E-state index contributed by atoms with van der Waals surface area (Å²) < 4.78 is 50.9. The lowest BCUT2D eigenvalue weighted by atomic mass is 10.1. The molecule has 0 aliphatic rings. The maximum absolute atomic E-state index is 13.5. The number of aryl methyl sites for hydroxylation is 1. The van der Waals surface area contributed by atoms with Crippen molar-refractivity contribution in [2.45, 2.75) is 39.1 Å². The Kier molecular flexibility index (Phi) is 9.00. The third kappa shape index (κ3) is 6.44. The second-order valence-electron chi connectivity index (χ2n) is 7.29. The summed E-state index contributed by atoms with van der Waals surface area (Å²) in [6.45, 7) is 5.06. The first-order chi connectivity index (χ1) is 15.5. The number of fused-ring (bicyclic) bond motifs is 1. The Morgan fingerprint density at radius 1 is 1.24 bits per heavy atom. The van der Waals surface area contributed by atoms with Crippen LogP contribution >= 0.6 is 23.7 Å². The minimum Gasteiger partial charge on any atom is -0.476 e. The third-order valence-electron chi connectivity index (χ3n) is 4.48. The van der Waals surface area contributed by atoms with E-state index in [9.17, 15) is 18.0 Å². The van der Waals surface area contributed by atoms with Gasteiger partial charge in [-0.25, -0.2) is 19.7 Å². The van der Waals surface area contributed by atoms with Crippen molar-refractivity contribution in [3.05, 3.63) is 34.6 Å². The molecule has 0 saturated carbocycles. The molecule has 2 amide bonds. The van der Waals surface area contributed by atoms with E-state index < -0.39 is 35.8 Å². The number of thiazole rings is 1. The van der Waals surface area contributed by atoms with Crippen LogP contribution in [0, 0.1) is 6.92 Å². The van der Waals surface area contributed by atoms with Crippen molar-refractivity contribution in [2.24, 2.45) is 5.73 Å². The van der Waals surface area contributed by atoms with E-state index in [1.54, 1.807) is 13.8 Å². The lowest BCUT2D eigenvalue weighted by Crippen LogP contribution is -2.25. The predicted molar refractivity (Wildman–Crippen MR) is 126 cm³/mol. The smallest absolute Gasteiger partial charge is 0.421 e. The molecule has 34 heavy (non-hydrogen) atoms. The summed E-state index contributed by atoms with van der Waals surface area (Å²) in [6, 6.07) is -0.521. The number of alkyl halides is 3. The number of nitrogens with zero attached hydrogens (tertiary/aromatic N) is 3. The maximum Gasteiger partial charge on any atom is 0.421 e. The zero-order chi connectivity index (χ0) is 24.3. The van der Waals surface area contributed by atoms with Crippen LogP contribution in [0.4, 0.5) is 29.3 Å². The molecule has 0 aliphatic carbocycles. The first-order valence-corrected chi connectivity index (χ1v) is 10.6. The number of methoxy groups -OCH3 is 1. The highest BCUT2D eigenvalue weighted by atomic mass is 35.5. The lowest BCUT2D eigenvalue weighted by molar-refractivity contribution is -0.139. The Morgan fingerprint density at radius 3 is 2.56 bits per heavy atom. The van der Waals surface area contributed by atoms with Gasteiger partial charge in [0.25, 0.3) is 0 Å². The molecular formula is C20H24ClF3N6O3S. The van der Waals surface area contributed by atoms with Crippen molar-refractivity contribution in [3.63, 3.8) is 0 Å². The monoisotopic (exact) mass is 520 g/mol. The molecule has 0 radical (unpaired) electrons. The zero-order valence-electron chi connectivity index (χ0n) is 18.7. The molecule has 4 N–H and O–H groups in total. The fourth-order valence-electron chi connectivity index (χ4n) is 2.96. The van der Waals surface area contributed by atoms with Gasteiger partial charge in [0, 0.05) is 18.7 Å². The first kappa shape index (κ1) is 27.5. The number of urea groups is 1. The fraction of sp³-hybridized carbons (Fsp3) is 0.400. The van der Waals surface area contributed by atoms with E-state index in [0.717, 1.165) is 17.3 Å². The number of pyridine rings is 2. The summed E-state index contributed by atoms with van der Waals surface area (Å²) >= 11 is 1.39. The Morgan fingerprint density at radius 2 is 1.94 bits per heavy atom. The lowest BCUT2D eigenvalue weighted by Gasteiger charge is -2.17. The van der Waals surface area contributed by atoms with Crippen molar-refractivity contribution in [1.29, 1.82) is 0 Å².